The molecule has 0 saturated carbocycles. The van der Waals surface area contributed by atoms with Crippen molar-refractivity contribution in [3.8, 4) is 0 Å². The van der Waals surface area contributed by atoms with Gasteiger partial charge in [-0.25, -0.2) is 9.59 Å². The van der Waals surface area contributed by atoms with Crippen LogP contribution in [-0.4, -0.2) is 55.0 Å². The molecule has 1 fully saturated rings. The number of carbonyl (C=O) groups excluding carboxylic acids is 5. The topological polar surface area (TPSA) is 125 Å². The Labute approximate surface area is 230 Å². The normalized spacial score (nSPS) is 25.2. The molecule has 1 saturated heterocycles. The summed E-state index contributed by atoms with van der Waals surface area (Å²) < 4.78 is 16.4. The van der Waals surface area contributed by atoms with Gasteiger partial charge >= 0.3 is 11.9 Å². The molecule has 0 aromatic rings. The first-order valence-corrected chi connectivity index (χ1v) is 13.6. The van der Waals surface area contributed by atoms with Gasteiger partial charge in [-0.1, -0.05) is 50.3 Å². The summed E-state index contributed by atoms with van der Waals surface area (Å²) in [5.41, 5.74) is 0.745. The molecule has 2 heterocycles. The van der Waals surface area contributed by atoms with Gasteiger partial charge in [0.15, 0.2) is 0 Å². The van der Waals surface area contributed by atoms with Gasteiger partial charge in [0.05, 0.1) is 12.7 Å². The summed E-state index contributed by atoms with van der Waals surface area (Å²) >= 11 is 0. The van der Waals surface area contributed by atoms with Gasteiger partial charge in [-0.2, -0.15) is 0 Å². The van der Waals surface area contributed by atoms with E-state index in [1.54, 1.807) is 26.0 Å². The van der Waals surface area contributed by atoms with E-state index in [1.165, 1.54) is 6.08 Å². The Morgan fingerprint density at radius 1 is 1.13 bits per heavy atom. The van der Waals surface area contributed by atoms with E-state index in [-0.39, 0.29) is 68.3 Å². The van der Waals surface area contributed by atoms with Crippen LogP contribution >= 0.6 is 0 Å². The van der Waals surface area contributed by atoms with Gasteiger partial charge in [-0.3, -0.25) is 19.7 Å². The summed E-state index contributed by atoms with van der Waals surface area (Å²) in [7, 11) is 0. The Morgan fingerprint density at radius 2 is 1.82 bits per heavy atom. The van der Waals surface area contributed by atoms with E-state index in [0.717, 1.165) is 18.4 Å². The van der Waals surface area contributed by atoms with Crippen molar-refractivity contribution in [1.29, 1.82) is 0 Å². The molecule has 1 N–H and O–H groups in total. The molecule has 0 aromatic carbocycles. The first-order valence-electron chi connectivity index (χ1n) is 13.6. The highest BCUT2D eigenvalue weighted by Gasteiger charge is 2.30. The quantitative estimate of drug-likeness (QED) is 0.236. The van der Waals surface area contributed by atoms with Crippen molar-refractivity contribution in [2.24, 2.45) is 17.8 Å². The van der Waals surface area contributed by atoms with E-state index in [9.17, 15) is 24.0 Å². The molecule has 0 unspecified atom stereocenters. The van der Waals surface area contributed by atoms with Gasteiger partial charge in [0.25, 0.3) is 0 Å². The molecule has 2 aliphatic rings. The van der Waals surface area contributed by atoms with Crippen molar-refractivity contribution in [3.05, 3.63) is 48.1 Å². The van der Waals surface area contributed by atoms with Gasteiger partial charge in [-0.15, -0.1) is 0 Å². The van der Waals surface area contributed by atoms with Crippen molar-refractivity contribution in [3.63, 3.8) is 0 Å². The molecule has 214 valence electrons. The minimum atomic E-state index is -0.667. The third kappa shape index (κ3) is 11.9. The molecule has 4 atom stereocenters. The SMILES string of the molecule is CCOC(=O)CO[C@@H](CC(=O)[C@@H](C)/C=C(\C)[C@@H]1OC(=O)/C=C/CC/C=C/C=C\[C@@H]1C)CC1CC(=O)NC(=O)C1. The van der Waals surface area contributed by atoms with Gasteiger partial charge in [0, 0.05) is 37.2 Å². The standard InChI is InChI=1S/C30H41NO8/c1-5-37-29(36)19-38-24(15-23-16-26(33)31-27(34)17-23)18-25(32)21(3)14-22(4)30-20(2)12-10-8-6-7-9-11-13-28(35)39-30/h6,8,10-14,20-21,23-24,30H,5,7,9,15-19H2,1-4H3,(H,31,33,34)/b8-6+,12-10-,13-11+,22-14+/t20-,21-,24+,30+/m0/s1. The van der Waals surface area contributed by atoms with Crippen LogP contribution in [0.2, 0.25) is 0 Å². The molecule has 0 aromatic heterocycles. The van der Waals surface area contributed by atoms with E-state index in [2.05, 4.69) is 5.32 Å². The number of esters is 2. The van der Waals surface area contributed by atoms with Crippen LogP contribution in [-0.2, 0) is 38.2 Å². The van der Waals surface area contributed by atoms with Crippen LogP contribution in [0, 0.1) is 17.8 Å². The van der Waals surface area contributed by atoms with Gasteiger partial charge in [0.1, 0.15) is 18.5 Å². The van der Waals surface area contributed by atoms with Crippen LogP contribution in [0.25, 0.3) is 0 Å². The van der Waals surface area contributed by atoms with Crippen molar-refractivity contribution in [2.45, 2.75) is 78.4 Å². The minimum absolute atomic E-state index is 0.00982. The number of ether oxygens (including phenoxy) is 3. The third-order valence-corrected chi connectivity index (χ3v) is 6.60. The lowest BCUT2D eigenvalue weighted by atomic mass is 9.87. The van der Waals surface area contributed by atoms with E-state index in [1.807, 2.05) is 38.2 Å². The largest absolute Gasteiger partial charge is 0.464 e. The Hall–Kier alpha value is -3.33. The first kappa shape index (κ1) is 31.9. The molecular formula is C30H41NO8. The van der Waals surface area contributed by atoms with Crippen LogP contribution in [0.4, 0.5) is 0 Å². The fraction of sp³-hybridized carbons (Fsp3) is 0.567. The minimum Gasteiger partial charge on any atom is -0.464 e. The van der Waals surface area contributed by atoms with Crippen molar-refractivity contribution in [2.75, 3.05) is 13.2 Å². The number of hydrogen-bond acceptors (Lipinski definition) is 8. The summed E-state index contributed by atoms with van der Waals surface area (Å²) in [5.74, 6) is -2.79. The molecule has 0 radical (unpaired) electrons. The average Bonchev–Trinajstić information content (AvgIpc) is 2.85. The molecule has 9 nitrogen and oxygen atoms in total. The molecule has 0 aliphatic carbocycles. The average molecular weight is 544 g/mol. The van der Waals surface area contributed by atoms with Crippen molar-refractivity contribution >= 4 is 29.5 Å². The van der Waals surface area contributed by atoms with Gasteiger partial charge < -0.3 is 14.2 Å². The lowest BCUT2D eigenvalue weighted by molar-refractivity contribution is -0.152. The fourth-order valence-corrected chi connectivity index (χ4v) is 4.65. The zero-order valence-electron chi connectivity index (χ0n) is 23.4. The number of allylic oxidation sites excluding steroid dienone is 5. The number of hydrogen-bond donors (Lipinski definition) is 1. The zero-order valence-corrected chi connectivity index (χ0v) is 23.4. The number of imide groups is 1. The predicted molar refractivity (Wildman–Crippen MR) is 145 cm³/mol. The highest BCUT2D eigenvalue weighted by atomic mass is 16.6. The molecule has 39 heavy (non-hydrogen) atoms. The van der Waals surface area contributed by atoms with E-state index in [4.69, 9.17) is 14.2 Å². The second-order valence-electron chi connectivity index (χ2n) is 10.1. The summed E-state index contributed by atoms with van der Waals surface area (Å²) in [6.07, 6.45) is 13.8. The Bertz CT molecular complexity index is 992. The second-order valence-corrected chi connectivity index (χ2v) is 10.1. The second kappa shape index (κ2) is 16.6. The number of ketones is 1. The highest BCUT2D eigenvalue weighted by molar-refractivity contribution is 5.97. The number of carbonyl (C=O) groups is 5. The van der Waals surface area contributed by atoms with E-state index < -0.39 is 30.1 Å². The van der Waals surface area contributed by atoms with Crippen LogP contribution in [0.15, 0.2) is 48.1 Å². The molecule has 2 aliphatic heterocycles. The summed E-state index contributed by atoms with van der Waals surface area (Å²) in [6.45, 7) is 7.10. The Kier molecular flexibility index (Phi) is 13.6. The number of piperidine rings is 1. The maximum atomic E-state index is 13.2. The van der Waals surface area contributed by atoms with E-state index >= 15 is 0 Å². The van der Waals surface area contributed by atoms with Crippen LogP contribution in [0.1, 0.15) is 66.2 Å². The fourth-order valence-electron chi connectivity index (χ4n) is 4.65. The highest BCUT2D eigenvalue weighted by Crippen LogP contribution is 2.25. The molecule has 2 rings (SSSR count). The van der Waals surface area contributed by atoms with Crippen LogP contribution in [0.3, 0.4) is 0 Å². The molecule has 2 amide bonds. The van der Waals surface area contributed by atoms with Crippen LogP contribution in [0.5, 0.6) is 0 Å². The Morgan fingerprint density at radius 3 is 2.51 bits per heavy atom. The molecule has 0 spiro atoms. The van der Waals surface area contributed by atoms with Crippen molar-refractivity contribution < 1.29 is 38.2 Å². The number of cyclic esters (lactones) is 1. The summed E-state index contributed by atoms with van der Waals surface area (Å²) in [4.78, 5) is 61.1. The monoisotopic (exact) mass is 543 g/mol. The number of Topliss-reactive ketones (excluding diaryl/α,β-unsaturated/α-hetero) is 1. The smallest absolute Gasteiger partial charge is 0.332 e. The number of amides is 2. The maximum Gasteiger partial charge on any atom is 0.332 e. The lowest BCUT2D eigenvalue weighted by Gasteiger charge is -2.26. The van der Waals surface area contributed by atoms with Crippen molar-refractivity contribution in [1.82, 2.24) is 5.32 Å². The van der Waals surface area contributed by atoms with E-state index in [0.29, 0.717) is 0 Å². The third-order valence-electron chi connectivity index (χ3n) is 6.60. The predicted octanol–water partition coefficient (Wildman–Crippen LogP) is 3.93. The summed E-state index contributed by atoms with van der Waals surface area (Å²) in [6, 6.07) is 0. The van der Waals surface area contributed by atoms with Crippen LogP contribution < -0.4 is 5.32 Å². The molecule has 0 bridgehead atoms. The zero-order chi connectivity index (χ0) is 28.8. The van der Waals surface area contributed by atoms with Gasteiger partial charge in [0.2, 0.25) is 11.8 Å². The van der Waals surface area contributed by atoms with Gasteiger partial charge in [-0.05, 0) is 44.6 Å². The maximum absolute atomic E-state index is 13.2. The molecular weight excluding hydrogens is 502 g/mol. The number of rotatable bonds is 11. The summed E-state index contributed by atoms with van der Waals surface area (Å²) in [5, 5.41) is 2.27. The number of nitrogens with one attached hydrogen (secondary N) is 1. The molecule has 9 heteroatoms. The Balaban J connectivity index is 2.14. The lowest BCUT2D eigenvalue weighted by Crippen LogP contribution is -2.40. The first-order chi connectivity index (χ1) is 18.6.